The molecule has 26 heavy (non-hydrogen) atoms. The van der Waals surface area contributed by atoms with Crippen molar-refractivity contribution < 1.29 is 14.0 Å². The van der Waals surface area contributed by atoms with Crippen LogP contribution in [0, 0.1) is 12.7 Å². The topological polar surface area (TPSA) is 61.4 Å². The summed E-state index contributed by atoms with van der Waals surface area (Å²) in [6, 6.07) is 11.5. The average Bonchev–Trinajstić information content (AvgIpc) is 3.05. The molecule has 1 fully saturated rings. The van der Waals surface area contributed by atoms with Crippen LogP contribution in [0.5, 0.6) is 0 Å². The Morgan fingerprint density at radius 2 is 1.85 bits per heavy atom. The number of anilines is 3. The van der Waals surface area contributed by atoms with E-state index in [2.05, 4.69) is 10.6 Å². The Labute approximate surface area is 152 Å². The number of nitrogens with zero attached hydrogens (tertiary/aromatic N) is 1. The first kappa shape index (κ1) is 17.9. The second-order valence-electron chi connectivity index (χ2n) is 6.52. The highest BCUT2D eigenvalue weighted by Gasteiger charge is 2.21. The summed E-state index contributed by atoms with van der Waals surface area (Å²) in [6.45, 7) is 4.15. The van der Waals surface area contributed by atoms with Gasteiger partial charge < -0.3 is 15.5 Å². The number of aryl methyl sites for hydroxylation is 1. The Balaban J connectivity index is 1.59. The molecule has 0 radical (unpaired) electrons. The van der Waals surface area contributed by atoms with Crippen LogP contribution in [0.4, 0.5) is 21.5 Å². The Morgan fingerprint density at radius 3 is 2.46 bits per heavy atom. The summed E-state index contributed by atoms with van der Waals surface area (Å²) in [4.78, 5) is 25.8. The van der Waals surface area contributed by atoms with Crippen molar-refractivity contribution in [2.45, 2.75) is 32.7 Å². The van der Waals surface area contributed by atoms with E-state index >= 15 is 0 Å². The quantitative estimate of drug-likeness (QED) is 0.860. The zero-order valence-corrected chi connectivity index (χ0v) is 14.9. The number of hydrogen-bond donors (Lipinski definition) is 2. The predicted molar refractivity (Wildman–Crippen MR) is 101 cm³/mol. The first-order valence-electron chi connectivity index (χ1n) is 8.68. The third-order valence-corrected chi connectivity index (χ3v) is 4.47. The van der Waals surface area contributed by atoms with Gasteiger partial charge in [0, 0.05) is 30.0 Å². The van der Waals surface area contributed by atoms with Gasteiger partial charge in [0.2, 0.25) is 11.8 Å². The van der Waals surface area contributed by atoms with E-state index in [1.165, 1.54) is 6.07 Å². The molecule has 136 valence electrons. The predicted octanol–water partition coefficient (Wildman–Crippen LogP) is 3.70. The van der Waals surface area contributed by atoms with Gasteiger partial charge in [-0.3, -0.25) is 9.59 Å². The summed E-state index contributed by atoms with van der Waals surface area (Å²) < 4.78 is 13.6. The molecule has 2 N–H and O–H groups in total. The minimum absolute atomic E-state index is 0.142. The molecule has 1 atom stereocenters. The van der Waals surface area contributed by atoms with Crippen LogP contribution < -0.4 is 15.5 Å². The van der Waals surface area contributed by atoms with E-state index in [9.17, 15) is 14.0 Å². The summed E-state index contributed by atoms with van der Waals surface area (Å²) in [5.41, 5.74) is 2.60. The molecule has 1 saturated heterocycles. The fourth-order valence-corrected chi connectivity index (χ4v) is 2.90. The first-order valence-corrected chi connectivity index (χ1v) is 8.68. The molecule has 2 aromatic rings. The molecule has 3 rings (SSSR count). The van der Waals surface area contributed by atoms with Gasteiger partial charge >= 0.3 is 0 Å². The van der Waals surface area contributed by atoms with E-state index in [1.807, 2.05) is 24.3 Å². The van der Waals surface area contributed by atoms with Crippen molar-refractivity contribution in [1.82, 2.24) is 0 Å². The van der Waals surface area contributed by atoms with Crippen LogP contribution in [-0.4, -0.2) is 24.4 Å². The maximum Gasteiger partial charge on any atom is 0.246 e. The molecular weight excluding hydrogens is 333 g/mol. The van der Waals surface area contributed by atoms with Gasteiger partial charge in [0.1, 0.15) is 11.9 Å². The van der Waals surface area contributed by atoms with Crippen molar-refractivity contribution in [1.29, 1.82) is 0 Å². The van der Waals surface area contributed by atoms with Crippen molar-refractivity contribution in [2.75, 3.05) is 22.1 Å². The van der Waals surface area contributed by atoms with Crippen LogP contribution in [0.1, 0.15) is 25.3 Å². The van der Waals surface area contributed by atoms with Gasteiger partial charge in [-0.05, 0) is 62.2 Å². The molecule has 1 unspecified atom stereocenters. The fraction of sp³-hybridized carbons (Fsp3) is 0.300. The molecule has 0 bridgehead atoms. The van der Waals surface area contributed by atoms with E-state index in [4.69, 9.17) is 0 Å². The number of carbonyl (C=O) groups excluding carboxylic acids is 2. The monoisotopic (exact) mass is 355 g/mol. The zero-order valence-electron chi connectivity index (χ0n) is 14.9. The molecule has 6 heteroatoms. The van der Waals surface area contributed by atoms with Gasteiger partial charge in [-0.2, -0.15) is 0 Å². The molecule has 0 aromatic heterocycles. The minimum atomic E-state index is -0.501. The lowest BCUT2D eigenvalue weighted by Gasteiger charge is -2.18. The molecule has 1 aliphatic rings. The standard InChI is InChI=1S/C20H22FN3O2/c1-13-5-6-16(12-18(13)21)23-20(26)14(2)22-15-7-9-17(10-8-15)24-11-3-4-19(24)25/h5-10,12,14,22H,3-4,11H2,1-2H3,(H,23,26). The summed E-state index contributed by atoms with van der Waals surface area (Å²) in [5, 5.41) is 5.81. The lowest BCUT2D eigenvalue weighted by atomic mass is 10.2. The molecule has 2 aromatic carbocycles. The number of hydrogen-bond acceptors (Lipinski definition) is 3. The molecule has 2 amide bonds. The summed E-state index contributed by atoms with van der Waals surface area (Å²) >= 11 is 0. The maximum absolute atomic E-state index is 13.6. The van der Waals surface area contributed by atoms with Gasteiger partial charge in [0.05, 0.1) is 0 Å². The SMILES string of the molecule is Cc1ccc(NC(=O)C(C)Nc2ccc(N3CCCC3=O)cc2)cc1F. The molecule has 0 aliphatic carbocycles. The summed E-state index contributed by atoms with van der Waals surface area (Å²) in [5.74, 6) is -0.466. The minimum Gasteiger partial charge on any atom is -0.374 e. The number of rotatable bonds is 5. The zero-order chi connectivity index (χ0) is 18.7. The lowest BCUT2D eigenvalue weighted by molar-refractivity contribution is -0.117. The Kier molecular flexibility index (Phi) is 5.21. The maximum atomic E-state index is 13.6. The summed E-state index contributed by atoms with van der Waals surface area (Å²) in [6.07, 6.45) is 1.48. The number of amides is 2. The molecule has 5 nitrogen and oxygen atoms in total. The number of carbonyl (C=O) groups is 2. The number of benzene rings is 2. The highest BCUT2D eigenvalue weighted by molar-refractivity contribution is 5.97. The normalized spacial score (nSPS) is 15.0. The summed E-state index contributed by atoms with van der Waals surface area (Å²) in [7, 11) is 0. The van der Waals surface area contributed by atoms with Gasteiger partial charge in [-0.1, -0.05) is 6.07 Å². The highest BCUT2D eigenvalue weighted by atomic mass is 19.1. The third-order valence-electron chi connectivity index (χ3n) is 4.47. The Morgan fingerprint density at radius 1 is 1.15 bits per heavy atom. The second-order valence-corrected chi connectivity index (χ2v) is 6.52. The number of nitrogens with one attached hydrogen (secondary N) is 2. The van der Waals surface area contributed by atoms with Gasteiger partial charge in [0.25, 0.3) is 0 Å². The van der Waals surface area contributed by atoms with E-state index in [-0.39, 0.29) is 17.6 Å². The van der Waals surface area contributed by atoms with Crippen LogP contribution in [-0.2, 0) is 9.59 Å². The molecule has 0 saturated carbocycles. The van der Waals surface area contributed by atoms with Crippen molar-refractivity contribution in [2.24, 2.45) is 0 Å². The largest absolute Gasteiger partial charge is 0.374 e. The smallest absolute Gasteiger partial charge is 0.246 e. The third kappa shape index (κ3) is 4.02. The van der Waals surface area contributed by atoms with Crippen molar-refractivity contribution in [3.8, 4) is 0 Å². The van der Waals surface area contributed by atoms with Crippen molar-refractivity contribution >= 4 is 28.9 Å². The van der Waals surface area contributed by atoms with Gasteiger partial charge in [-0.15, -0.1) is 0 Å². The van der Waals surface area contributed by atoms with Crippen LogP contribution >= 0.6 is 0 Å². The van der Waals surface area contributed by atoms with E-state index < -0.39 is 6.04 Å². The van der Waals surface area contributed by atoms with E-state index in [0.29, 0.717) is 17.7 Å². The second kappa shape index (κ2) is 7.56. The first-order chi connectivity index (χ1) is 12.4. The molecule has 1 heterocycles. The van der Waals surface area contributed by atoms with Crippen molar-refractivity contribution in [3.63, 3.8) is 0 Å². The lowest BCUT2D eigenvalue weighted by Crippen LogP contribution is -2.32. The Hall–Kier alpha value is -2.89. The van der Waals surface area contributed by atoms with Gasteiger partial charge in [-0.25, -0.2) is 4.39 Å². The van der Waals surface area contributed by atoms with Gasteiger partial charge in [0.15, 0.2) is 0 Å². The number of halogens is 1. The molecular formula is C20H22FN3O2. The van der Waals surface area contributed by atoms with Crippen LogP contribution in [0.3, 0.4) is 0 Å². The average molecular weight is 355 g/mol. The van der Waals surface area contributed by atoms with Crippen LogP contribution in [0.2, 0.25) is 0 Å². The Bertz CT molecular complexity index is 820. The van der Waals surface area contributed by atoms with E-state index in [1.54, 1.807) is 30.9 Å². The fourth-order valence-electron chi connectivity index (χ4n) is 2.90. The molecule has 1 aliphatic heterocycles. The molecule has 0 spiro atoms. The van der Waals surface area contributed by atoms with Crippen LogP contribution in [0.25, 0.3) is 0 Å². The van der Waals surface area contributed by atoms with Crippen LogP contribution in [0.15, 0.2) is 42.5 Å². The van der Waals surface area contributed by atoms with Crippen molar-refractivity contribution in [3.05, 3.63) is 53.8 Å². The van der Waals surface area contributed by atoms with E-state index in [0.717, 1.165) is 24.3 Å². The highest BCUT2D eigenvalue weighted by Crippen LogP contribution is 2.23.